The number of fused-ring (bicyclic) bond motifs is 3. The number of nitrogens with zero attached hydrogens (tertiary/aromatic N) is 1. The topological polar surface area (TPSA) is 23.8 Å². The summed E-state index contributed by atoms with van der Waals surface area (Å²) in [5.41, 5.74) is 14.8. The Hall–Kier alpha value is -5.42. The Bertz CT molecular complexity index is 2200. The van der Waals surface area contributed by atoms with Crippen LogP contribution in [0.5, 0.6) is 0 Å². The third-order valence-electron chi connectivity index (χ3n) is 8.50. The van der Waals surface area contributed by atoms with Gasteiger partial charge in [-0.3, -0.25) is 0 Å². The van der Waals surface area contributed by atoms with E-state index in [9.17, 15) is 5.26 Å². The van der Waals surface area contributed by atoms with Gasteiger partial charge in [-0.2, -0.15) is 5.26 Å². The van der Waals surface area contributed by atoms with E-state index in [1.54, 1.807) is 0 Å². The molecule has 0 spiro atoms. The van der Waals surface area contributed by atoms with Gasteiger partial charge >= 0.3 is 0 Å². The van der Waals surface area contributed by atoms with Gasteiger partial charge in [-0.15, -0.1) is 0 Å². The normalized spacial score (nSPS) is 11.3. The van der Waals surface area contributed by atoms with Gasteiger partial charge in [-0.05, 0) is 102 Å². The molecular weight excluding hydrogens is 542 g/mol. The predicted molar refractivity (Wildman–Crippen MR) is 180 cm³/mol. The second-order valence-corrected chi connectivity index (χ2v) is 11.3. The zero-order chi connectivity index (χ0) is 28.9. The second-order valence-electron chi connectivity index (χ2n) is 10.9. The molecule has 0 amide bonds. The van der Waals surface area contributed by atoms with E-state index in [-0.39, 0.29) is 0 Å². The molecule has 1 aliphatic rings. The summed E-state index contributed by atoms with van der Waals surface area (Å²) in [4.78, 5) is 0. The molecule has 200 valence electrons. The summed E-state index contributed by atoms with van der Waals surface area (Å²) in [6.45, 7) is 0. The Morgan fingerprint density at radius 2 is 0.814 bits per heavy atom. The van der Waals surface area contributed by atoms with Crippen molar-refractivity contribution in [1.29, 1.82) is 5.26 Å². The summed E-state index contributed by atoms with van der Waals surface area (Å²) in [5.74, 6) is 0. The molecule has 0 radical (unpaired) electrons. The Balaban J connectivity index is 1.66. The molecule has 0 aromatic heterocycles. The van der Waals surface area contributed by atoms with Crippen LogP contribution in [0.25, 0.3) is 77.5 Å². The van der Waals surface area contributed by atoms with Crippen LogP contribution in [0.3, 0.4) is 0 Å². The molecule has 0 fully saturated rings. The van der Waals surface area contributed by atoms with Crippen LogP contribution in [0.2, 0.25) is 5.02 Å². The third kappa shape index (κ3) is 4.00. The van der Waals surface area contributed by atoms with Crippen molar-refractivity contribution < 1.29 is 0 Å². The van der Waals surface area contributed by atoms with Gasteiger partial charge in [-0.25, -0.2) is 0 Å². The van der Waals surface area contributed by atoms with Gasteiger partial charge in [0.1, 0.15) is 0 Å². The third-order valence-corrected chi connectivity index (χ3v) is 8.76. The van der Waals surface area contributed by atoms with Crippen molar-refractivity contribution >= 4 is 22.4 Å². The molecule has 0 heterocycles. The molecule has 0 aliphatic heterocycles. The first kappa shape index (κ1) is 25.3. The molecule has 2 heteroatoms. The zero-order valence-electron chi connectivity index (χ0n) is 23.2. The van der Waals surface area contributed by atoms with Gasteiger partial charge < -0.3 is 0 Å². The van der Waals surface area contributed by atoms with Gasteiger partial charge in [0.15, 0.2) is 0 Å². The average Bonchev–Trinajstić information content (AvgIpc) is 3.40. The second kappa shape index (κ2) is 10.1. The van der Waals surface area contributed by atoms with Crippen molar-refractivity contribution in [2.24, 2.45) is 0 Å². The summed E-state index contributed by atoms with van der Waals surface area (Å²) >= 11 is 6.45. The molecule has 7 aromatic carbocycles. The van der Waals surface area contributed by atoms with Crippen molar-refractivity contribution in [3.63, 3.8) is 0 Å². The Kier molecular flexibility index (Phi) is 5.97. The summed E-state index contributed by atoms with van der Waals surface area (Å²) in [5, 5.41) is 12.9. The lowest BCUT2D eigenvalue weighted by atomic mass is 9.76. The van der Waals surface area contributed by atoms with E-state index in [4.69, 9.17) is 11.6 Å². The van der Waals surface area contributed by atoms with E-state index in [1.807, 2.05) is 24.3 Å². The maximum absolute atomic E-state index is 9.63. The number of hydrogen-bond acceptors (Lipinski definition) is 1. The van der Waals surface area contributed by atoms with Crippen molar-refractivity contribution in [2.75, 3.05) is 0 Å². The van der Waals surface area contributed by atoms with Gasteiger partial charge in [0.25, 0.3) is 0 Å². The lowest BCUT2D eigenvalue weighted by molar-refractivity contribution is 1.48. The Labute approximate surface area is 255 Å². The van der Waals surface area contributed by atoms with Crippen LogP contribution in [0.4, 0.5) is 0 Å². The minimum Gasteiger partial charge on any atom is -0.192 e. The highest BCUT2D eigenvalue weighted by Crippen LogP contribution is 2.60. The molecule has 8 rings (SSSR count). The lowest BCUT2D eigenvalue weighted by Gasteiger charge is -2.26. The fourth-order valence-electron chi connectivity index (χ4n) is 6.74. The maximum Gasteiger partial charge on any atom is 0.0991 e. The monoisotopic (exact) mass is 565 g/mol. The molecule has 0 saturated carbocycles. The van der Waals surface area contributed by atoms with E-state index in [0.29, 0.717) is 10.6 Å². The highest BCUT2D eigenvalue weighted by Gasteiger charge is 2.33. The van der Waals surface area contributed by atoms with E-state index in [2.05, 4.69) is 127 Å². The van der Waals surface area contributed by atoms with Crippen LogP contribution in [0.15, 0.2) is 146 Å². The smallest absolute Gasteiger partial charge is 0.0991 e. The molecule has 0 N–H and O–H groups in total. The SMILES string of the molecule is N#Cc1ccc(-c2c(-c3ccc(Cl)cc3)c(-c3ccccc3)c3c(c2-c2ccccc2)-c2cccc4cccc-3c24)cc1. The van der Waals surface area contributed by atoms with Crippen LogP contribution < -0.4 is 0 Å². The first-order chi connectivity index (χ1) is 21.2. The minimum atomic E-state index is 0.639. The molecule has 1 aliphatic carbocycles. The largest absolute Gasteiger partial charge is 0.192 e. The number of rotatable bonds is 4. The van der Waals surface area contributed by atoms with Crippen LogP contribution in [-0.4, -0.2) is 0 Å². The predicted octanol–water partition coefficient (Wildman–Crippen LogP) is 11.7. The number of hydrogen-bond donors (Lipinski definition) is 0. The highest BCUT2D eigenvalue weighted by atomic mass is 35.5. The van der Waals surface area contributed by atoms with Crippen molar-refractivity contribution in [1.82, 2.24) is 0 Å². The molecule has 43 heavy (non-hydrogen) atoms. The molecule has 0 bridgehead atoms. The molecular formula is C41H24ClN. The Morgan fingerprint density at radius 1 is 0.395 bits per heavy atom. The summed E-state index contributed by atoms with van der Waals surface area (Å²) in [7, 11) is 0. The van der Waals surface area contributed by atoms with E-state index >= 15 is 0 Å². The number of benzene rings is 7. The lowest BCUT2D eigenvalue weighted by Crippen LogP contribution is -1.99. The molecule has 1 nitrogen and oxygen atoms in total. The van der Waals surface area contributed by atoms with E-state index in [0.717, 1.165) is 33.4 Å². The van der Waals surface area contributed by atoms with Crippen LogP contribution in [-0.2, 0) is 0 Å². The Morgan fingerprint density at radius 3 is 1.28 bits per heavy atom. The van der Waals surface area contributed by atoms with Crippen LogP contribution >= 0.6 is 11.6 Å². The van der Waals surface area contributed by atoms with Crippen LogP contribution in [0.1, 0.15) is 5.56 Å². The van der Waals surface area contributed by atoms with Crippen molar-refractivity contribution in [3.05, 3.63) is 156 Å². The van der Waals surface area contributed by atoms with E-state index in [1.165, 1.54) is 44.2 Å². The van der Waals surface area contributed by atoms with E-state index < -0.39 is 0 Å². The quantitative estimate of drug-likeness (QED) is 0.208. The maximum atomic E-state index is 9.63. The number of nitriles is 1. The standard InChI is InChI=1S/C41H24ClN/c42-32-23-21-31(22-24-32)37-36(30-19-17-26(25-43)18-20-30)38(28-9-3-1-4-10-28)40-33-15-7-13-27-14-8-16-34(35(27)33)41(40)39(37)29-11-5-2-6-12-29/h1-24H. The van der Waals surface area contributed by atoms with Gasteiger partial charge in [0, 0.05) is 5.02 Å². The van der Waals surface area contributed by atoms with Crippen molar-refractivity contribution in [2.45, 2.75) is 0 Å². The molecule has 0 unspecified atom stereocenters. The zero-order valence-corrected chi connectivity index (χ0v) is 23.9. The molecule has 7 aromatic rings. The van der Waals surface area contributed by atoms with Gasteiger partial charge in [0.2, 0.25) is 0 Å². The fourth-order valence-corrected chi connectivity index (χ4v) is 6.86. The molecule has 0 saturated heterocycles. The van der Waals surface area contributed by atoms with Gasteiger partial charge in [-0.1, -0.05) is 133 Å². The number of halogens is 1. The highest BCUT2D eigenvalue weighted by molar-refractivity contribution is 6.31. The minimum absolute atomic E-state index is 0.639. The van der Waals surface area contributed by atoms with Gasteiger partial charge in [0.05, 0.1) is 11.6 Å². The fraction of sp³-hybridized carbons (Fsp3) is 0. The molecule has 0 atom stereocenters. The summed E-state index contributed by atoms with van der Waals surface area (Å²) in [6, 6.07) is 53.2. The summed E-state index contributed by atoms with van der Waals surface area (Å²) < 4.78 is 0. The average molecular weight is 566 g/mol. The van der Waals surface area contributed by atoms with Crippen molar-refractivity contribution in [3.8, 4) is 72.8 Å². The first-order valence-electron chi connectivity index (χ1n) is 14.4. The van der Waals surface area contributed by atoms with Crippen LogP contribution in [0, 0.1) is 11.3 Å². The summed E-state index contributed by atoms with van der Waals surface area (Å²) in [6.07, 6.45) is 0. The first-order valence-corrected chi connectivity index (χ1v) is 14.7.